The van der Waals surface area contributed by atoms with Crippen molar-refractivity contribution in [1.82, 2.24) is 14.8 Å². The Kier molecular flexibility index (Phi) is 5.27. The van der Waals surface area contributed by atoms with Gasteiger partial charge in [-0.1, -0.05) is 6.07 Å². The van der Waals surface area contributed by atoms with E-state index in [0.29, 0.717) is 17.7 Å². The molecule has 0 amide bonds. The molecule has 3 rings (SSSR count). The fourth-order valence-corrected chi connectivity index (χ4v) is 2.86. The number of aromatic nitrogens is 3. The first-order valence-corrected chi connectivity index (χ1v) is 8.48. The molecule has 2 aromatic heterocycles. The lowest BCUT2D eigenvalue weighted by Gasteiger charge is -2.31. The summed E-state index contributed by atoms with van der Waals surface area (Å²) in [5, 5.41) is 12.1. The third-order valence-electron chi connectivity index (χ3n) is 4.11. The number of aldehydes is 1. The van der Waals surface area contributed by atoms with Gasteiger partial charge in [0, 0.05) is 36.1 Å². The van der Waals surface area contributed by atoms with E-state index in [0.717, 1.165) is 12.1 Å². The molecule has 0 saturated carbocycles. The van der Waals surface area contributed by atoms with Crippen LogP contribution in [0.2, 0.25) is 0 Å². The molecule has 0 unspecified atom stereocenters. The van der Waals surface area contributed by atoms with Crippen LogP contribution in [0.1, 0.15) is 35.8 Å². The number of aromatic hydroxyl groups is 1. The Balaban J connectivity index is 2.10. The number of carbonyl (C=O) groups excluding carboxylic acids is 1. The maximum Gasteiger partial charge on any atom is 0.157 e. The minimum atomic E-state index is -1.98. The second-order valence-electron chi connectivity index (χ2n) is 6.50. The Morgan fingerprint density at radius 2 is 2.04 bits per heavy atom. The first-order chi connectivity index (χ1) is 13.2. The van der Waals surface area contributed by atoms with Crippen LogP contribution in [0.5, 0.6) is 11.5 Å². The quantitative estimate of drug-likeness (QED) is 0.530. The summed E-state index contributed by atoms with van der Waals surface area (Å²) in [6.45, 7) is 3.92. The van der Waals surface area contributed by atoms with Crippen LogP contribution in [-0.2, 0) is 5.40 Å². The molecule has 1 aromatic carbocycles. The molecule has 0 saturated heterocycles. The summed E-state index contributed by atoms with van der Waals surface area (Å²) in [4.78, 5) is 15.6. The van der Waals surface area contributed by atoms with E-state index in [4.69, 9.17) is 20.4 Å². The molecular weight excluding hydrogens is 359 g/mol. The van der Waals surface area contributed by atoms with Crippen molar-refractivity contribution in [3.05, 3.63) is 59.7 Å². The van der Waals surface area contributed by atoms with Gasteiger partial charge in [-0.05, 0) is 26.0 Å². The van der Waals surface area contributed by atoms with Crippen molar-refractivity contribution >= 4 is 22.0 Å². The molecule has 138 valence electrons. The molecule has 28 heavy (non-hydrogen) atoms. The number of benzene rings is 1. The van der Waals surface area contributed by atoms with Crippen LogP contribution in [0.15, 0.2) is 42.7 Å². The SMILES string of the molecule is [B]C([B])(Oc1cc(F)cc(O)c1C=O)c1cccnc1-c1ccnn1C(C)C. The Bertz CT molecular complexity index is 1020. The van der Waals surface area contributed by atoms with Gasteiger partial charge in [-0.3, -0.25) is 14.5 Å². The zero-order chi connectivity index (χ0) is 20.5. The lowest BCUT2D eigenvalue weighted by atomic mass is 9.60. The summed E-state index contributed by atoms with van der Waals surface area (Å²) in [6.07, 6.45) is 3.52. The van der Waals surface area contributed by atoms with Gasteiger partial charge < -0.3 is 9.84 Å². The summed E-state index contributed by atoms with van der Waals surface area (Å²) in [5.41, 5.74) is 1.11. The van der Waals surface area contributed by atoms with Gasteiger partial charge in [-0.15, -0.1) is 0 Å². The molecule has 0 aliphatic carbocycles. The van der Waals surface area contributed by atoms with Crippen LogP contribution >= 0.6 is 0 Å². The van der Waals surface area contributed by atoms with E-state index in [2.05, 4.69) is 10.1 Å². The van der Waals surface area contributed by atoms with Gasteiger partial charge in [-0.2, -0.15) is 5.10 Å². The van der Waals surface area contributed by atoms with Crippen LogP contribution in [0.4, 0.5) is 4.39 Å². The van der Waals surface area contributed by atoms with Crippen molar-refractivity contribution in [3.8, 4) is 22.9 Å². The number of hydrogen-bond donors (Lipinski definition) is 1. The molecule has 4 radical (unpaired) electrons. The van der Waals surface area contributed by atoms with E-state index < -0.39 is 17.0 Å². The zero-order valence-electron chi connectivity index (χ0n) is 15.3. The second-order valence-corrected chi connectivity index (χ2v) is 6.50. The molecule has 0 aliphatic rings. The van der Waals surface area contributed by atoms with E-state index >= 15 is 0 Å². The topological polar surface area (TPSA) is 77.2 Å². The lowest BCUT2D eigenvalue weighted by molar-refractivity contribution is 0.111. The molecule has 0 atom stereocenters. The van der Waals surface area contributed by atoms with Crippen LogP contribution in [0, 0.1) is 5.82 Å². The Morgan fingerprint density at radius 1 is 1.29 bits per heavy atom. The van der Waals surface area contributed by atoms with Gasteiger partial charge in [0.1, 0.15) is 33.0 Å². The van der Waals surface area contributed by atoms with Gasteiger partial charge >= 0.3 is 0 Å². The van der Waals surface area contributed by atoms with E-state index in [1.54, 1.807) is 35.3 Å². The average Bonchev–Trinajstić information content (AvgIpc) is 3.11. The molecule has 1 N–H and O–H groups in total. The molecule has 0 spiro atoms. The third kappa shape index (κ3) is 3.65. The third-order valence-corrected chi connectivity index (χ3v) is 4.11. The Hall–Kier alpha value is -3.09. The van der Waals surface area contributed by atoms with Crippen LogP contribution in [-0.4, -0.2) is 41.8 Å². The molecule has 0 fully saturated rings. The maximum atomic E-state index is 13.7. The highest BCUT2D eigenvalue weighted by Gasteiger charge is 2.29. The number of nitrogens with zero attached hydrogens (tertiary/aromatic N) is 3. The van der Waals surface area contributed by atoms with Gasteiger partial charge in [0.2, 0.25) is 0 Å². The number of ether oxygens (including phenoxy) is 1. The van der Waals surface area contributed by atoms with E-state index in [1.165, 1.54) is 0 Å². The molecule has 6 nitrogen and oxygen atoms in total. The highest BCUT2D eigenvalue weighted by atomic mass is 19.1. The molecule has 3 aromatic rings. The average molecular weight is 375 g/mol. The van der Waals surface area contributed by atoms with Crippen molar-refractivity contribution < 1.29 is 19.0 Å². The standard InChI is InChI=1S/C19H16B2FN3O3/c1-11(2)25-15(5-7-24-25)18-14(4-3-6-23-18)19(20,21)28-17-9-12(22)8-16(27)13(17)10-26/h3-11,27H,1-2H3. The number of carbonyl (C=O) groups is 1. The fraction of sp³-hybridized carbons (Fsp3) is 0.211. The Morgan fingerprint density at radius 3 is 2.71 bits per heavy atom. The molecule has 0 bridgehead atoms. The normalized spacial score (nSPS) is 11.6. The van der Waals surface area contributed by atoms with E-state index in [-0.39, 0.29) is 22.9 Å². The largest absolute Gasteiger partial charge is 0.507 e. The van der Waals surface area contributed by atoms with Crippen LogP contribution < -0.4 is 4.74 Å². The van der Waals surface area contributed by atoms with Crippen molar-refractivity contribution in [2.24, 2.45) is 0 Å². The minimum absolute atomic E-state index is 0.0487. The van der Waals surface area contributed by atoms with Gasteiger partial charge in [0.15, 0.2) is 6.29 Å². The summed E-state index contributed by atoms with van der Waals surface area (Å²) < 4.78 is 21.0. The molecule has 9 heteroatoms. The predicted octanol–water partition coefficient (Wildman–Crippen LogP) is 2.71. The Labute approximate surface area is 164 Å². The number of phenolic OH excluding ortho intramolecular Hbond substituents is 1. The van der Waals surface area contributed by atoms with E-state index in [9.17, 15) is 14.3 Å². The van der Waals surface area contributed by atoms with Crippen molar-refractivity contribution in [2.45, 2.75) is 25.3 Å². The summed E-state index contributed by atoms with van der Waals surface area (Å²) >= 11 is 0. The smallest absolute Gasteiger partial charge is 0.157 e. The number of rotatable bonds is 6. The van der Waals surface area contributed by atoms with Gasteiger partial charge in [-0.25, -0.2) is 4.39 Å². The summed E-state index contributed by atoms with van der Waals surface area (Å²) in [5.74, 6) is -1.67. The first-order valence-electron chi connectivity index (χ1n) is 8.48. The number of pyridine rings is 1. The van der Waals surface area contributed by atoms with Gasteiger partial charge in [0.25, 0.3) is 0 Å². The molecule has 2 heterocycles. The number of hydrogen-bond acceptors (Lipinski definition) is 5. The highest BCUT2D eigenvalue weighted by Crippen LogP contribution is 2.35. The second kappa shape index (κ2) is 7.50. The fourth-order valence-electron chi connectivity index (χ4n) is 2.86. The maximum absolute atomic E-state index is 13.7. The van der Waals surface area contributed by atoms with E-state index in [1.807, 2.05) is 13.8 Å². The first kappa shape index (κ1) is 19.7. The summed E-state index contributed by atoms with van der Waals surface area (Å²) in [6, 6.07) is 6.75. The van der Waals surface area contributed by atoms with Crippen molar-refractivity contribution in [1.29, 1.82) is 0 Å². The monoisotopic (exact) mass is 375 g/mol. The van der Waals surface area contributed by atoms with Crippen molar-refractivity contribution in [2.75, 3.05) is 0 Å². The van der Waals surface area contributed by atoms with Crippen LogP contribution in [0.3, 0.4) is 0 Å². The zero-order valence-corrected chi connectivity index (χ0v) is 15.3. The lowest BCUT2D eigenvalue weighted by Crippen LogP contribution is -2.35. The van der Waals surface area contributed by atoms with Gasteiger partial charge in [0.05, 0.1) is 22.4 Å². The predicted molar refractivity (Wildman–Crippen MR) is 103 cm³/mol. The molecule has 0 aliphatic heterocycles. The van der Waals surface area contributed by atoms with Crippen LogP contribution in [0.25, 0.3) is 11.4 Å². The minimum Gasteiger partial charge on any atom is -0.507 e. The highest BCUT2D eigenvalue weighted by molar-refractivity contribution is 6.39. The van der Waals surface area contributed by atoms with Crippen molar-refractivity contribution in [3.63, 3.8) is 0 Å². The molecular formula is C19H16B2FN3O3. The summed E-state index contributed by atoms with van der Waals surface area (Å²) in [7, 11) is 12.4. The number of phenols is 1. The number of halogens is 1.